The van der Waals surface area contributed by atoms with Crippen LogP contribution in [-0.2, 0) is 5.41 Å². The molecule has 2 heterocycles. The van der Waals surface area contributed by atoms with Gasteiger partial charge in [0, 0.05) is 49.8 Å². The van der Waals surface area contributed by atoms with Gasteiger partial charge in [-0.1, -0.05) is 190 Å². The number of rotatable bonds is 3. The Balaban J connectivity index is 1.07. The predicted octanol–water partition coefficient (Wildman–Crippen LogP) is 19.7. The molecule has 3 nitrogen and oxygen atoms in total. The van der Waals surface area contributed by atoms with Crippen LogP contribution in [0.5, 0.6) is 11.5 Å². The minimum atomic E-state index is -0.197. The summed E-state index contributed by atoms with van der Waals surface area (Å²) in [7, 11) is 0. The molecule has 0 fully saturated rings. The molecule has 3 heteroatoms. The highest BCUT2D eigenvalue weighted by Crippen LogP contribution is 2.53. The summed E-state index contributed by atoms with van der Waals surface area (Å²) in [6, 6.07) is 86.5. The first-order chi connectivity index (χ1) is 35.5. The molecule has 0 amide bonds. The van der Waals surface area contributed by atoms with E-state index in [0.29, 0.717) is 0 Å². The summed E-state index contributed by atoms with van der Waals surface area (Å²) in [6.07, 6.45) is 0. The number of furan rings is 1. The fraction of sp³-hybridized carbons (Fsp3) is 0.0435. The van der Waals surface area contributed by atoms with Crippen molar-refractivity contribution < 1.29 is 9.15 Å². The molecule has 0 N–H and O–H groups in total. The van der Waals surface area contributed by atoms with Gasteiger partial charge in [-0.05, 0) is 143 Å². The lowest BCUT2D eigenvalue weighted by molar-refractivity contribution is 0.488. The van der Waals surface area contributed by atoms with Crippen molar-refractivity contribution in [3.8, 4) is 44.9 Å². The summed E-state index contributed by atoms with van der Waals surface area (Å²) < 4.78 is 13.8. The quantitative estimate of drug-likeness (QED) is 0.177. The van der Waals surface area contributed by atoms with Crippen LogP contribution >= 0.6 is 0 Å². The Kier molecular flexibility index (Phi) is 8.71. The molecule has 0 atom stereocenters. The van der Waals surface area contributed by atoms with Crippen molar-refractivity contribution in [2.45, 2.75) is 19.3 Å². The molecule has 15 rings (SSSR count). The normalized spacial score (nSPS) is 13.1. The maximum absolute atomic E-state index is 6.98. The number of hydrogen-bond donors (Lipinski definition) is 0. The van der Waals surface area contributed by atoms with Crippen LogP contribution < -0.4 is 9.64 Å². The molecule has 0 saturated heterocycles. The Morgan fingerprint density at radius 1 is 0.306 bits per heavy atom. The molecule has 1 aliphatic carbocycles. The topological polar surface area (TPSA) is 25.6 Å². The van der Waals surface area contributed by atoms with E-state index in [1.54, 1.807) is 0 Å². The van der Waals surface area contributed by atoms with Crippen molar-refractivity contribution in [3.63, 3.8) is 0 Å². The van der Waals surface area contributed by atoms with Gasteiger partial charge in [-0.2, -0.15) is 0 Å². The maximum Gasteiger partial charge on any atom is 0.143 e. The Bertz CT molecular complexity index is 4540. The first kappa shape index (κ1) is 40.7. The standard InChI is InChI=1S/C69H45NO2/c1-69(2)62-28-14-11-24-53(62)54-35-32-44(41-63(54)69)70(43-33-38-66-61(40-43)51-23-8-6-20-48(51)55-25-12-15-29-64(55)71-66)42-31-34-52-58-36-37-59-56-26-13-16-30-65(56)72-68(59)67(58)57-27-10-9-21-49(57)46-18-4-3-17-45(46)47-19-5-7-22-50(47)60(52)39-42/h3-41H,1-2H3. The molecule has 0 radical (unpaired) electrons. The minimum absolute atomic E-state index is 0.197. The Labute approximate surface area is 416 Å². The number of benzene rings is 11. The molecule has 2 aliphatic rings. The number of nitrogens with zero attached hydrogens (tertiary/aromatic N) is 1. The maximum atomic E-state index is 6.98. The van der Waals surface area contributed by atoms with Crippen LogP contribution in [-0.4, -0.2) is 0 Å². The summed E-state index contributed by atoms with van der Waals surface area (Å²) in [5.41, 5.74) is 14.4. The lowest BCUT2D eigenvalue weighted by atomic mass is 9.82. The summed E-state index contributed by atoms with van der Waals surface area (Å²) in [5.74, 6) is 1.68. The van der Waals surface area contributed by atoms with Crippen LogP contribution in [0, 0.1) is 0 Å². The zero-order chi connectivity index (χ0) is 47.7. The highest BCUT2D eigenvalue weighted by Gasteiger charge is 2.36. The SMILES string of the molecule is CC1(C)c2ccccc2-c2ccc(N(c3ccc4c(c3)-c3ccccc3-c3ccccc3O4)c3ccc4c(c3)c3ccccc3c3ccccc3c3ccccc3c3c4ccc4c5ccccc5oc43)cc21. The second-order valence-electron chi connectivity index (χ2n) is 19.9. The molecule has 1 aliphatic heterocycles. The van der Waals surface area contributed by atoms with Gasteiger partial charge in [-0.15, -0.1) is 0 Å². The van der Waals surface area contributed by atoms with Gasteiger partial charge in [0.1, 0.15) is 22.7 Å². The summed E-state index contributed by atoms with van der Waals surface area (Å²) in [5, 5.41) is 13.7. The number of fused-ring (bicyclic) bond motifs is 22. The summed E-state index contributed by atoms with van der Waals surface area (Å²) in [6.45, 7) is 4.72. The van der Waals surface area contributed by atoms with E-state index in [4.69, 9.17) is 9.15 Å². The highest BCUT2D eigenvalue weighted by atomic mass is 16.5. The molecule has 0 spiro atoms. The van der Waals surface area contributed by atoms with Crippen LogP contribution in [0.15, 0.2) is 241 Å². The van der Waals surface area contributed by atoms with Crippen LogP contribution in [0.4, 0.5) is 17.1 Å². The van der Waals surface area contributed by atoms with E-state index in [0.717, 1.165) is 105 Å². The predicted molar refractivity (Wildman–Crippen MR) is 302 cm³/mol. The zero-order valence-electron chi connectivity index (χ0n) is 39.8. The second-order valence-corrected chi connectivity index (χ2v) is 19.9. The second kappa shape index (κ2) is 15.4. The van der Waals surface area contributed by atoms with Crippen molar-refractivity contribution in [2.24, 2.45) is 0 Å². The van der Waals surface area contributed by atoms with Gasteiger partial charge in [0.05, 0.1) is 0 Å². The van der Waals surface area contributed by atoms with Gasteiger partial charge in [-0.3, -0.25) is 0 Å². The van der Waals surface area contributed by atoms with Gasteiger partial charge < -0.3 is 14.1 Å². The third kappa shape index (κ3) is 5.91. The van der Waals surface area contributed by atoms with Crippen LogP contribution in [0.2, 0.25) is 0 Å². The molecule has 13 aromatic rings. The van der Waals surface area contributed by atoms with Gasteiger partial charge >= 0.3 is 0 Å². The van der Waals surface area contributed by atoms with E-state index in [2.05, 4.69) is 249 Å². The first-order valence-electron chi connectivity index (χ1n) is 24.9. The average molecular weight is 920 g/mol. The molecule has 72 heavy (non-hydrogen) atoms. The Morgan fingerprint density at radius 2 is 0.764 bits per heavy atom. The number of hydrogen-bond acceptors (Lipinski definition) is 3. The molecule has 12 aromatic carbocycles. The van der Waals surface area contributed by atoms with Crippen molar-refractivity contribution in [3.05, 3.63) is 248 Å². The third-order valence-electron chi connectivity index (χ3n) is 15.7. The first-order valence-corrected chi connectivity index (χ1v) is 24.9. The molecular weight excluding hydrogens is 875 g/mol. The van der Waals surface area contributed by atoms with Crippen molar-refractivity contribution >= 4 is 92.9 Å². The molecule has 0 saturated carbocycles. The lowest BCUT2D eigenvalue weighted by Gasteiger charge is -2.29. The van der Waals surface area contributed by atoms with Crippen molar-refractivity contribution in [1.82, 2.24) is 0 Å². The largest absolute Gasteiger partial charge is 0.456 e. The summed E-state index contributed by atoms with van der Waals surface area (Å²) in [4.78, 5) is 2.45. The molecule has 1 aromatic heterocycles. The van der Waals surface area contributed by atoms with Gasteiger partial charge in [0.15, 0.2) is 0 Å². The lowest BCUT2D eigenvalue weighted by Crippen LogP contribution is -2.16. The summed E-state index contributed by atoms with van der Waals surface area (Å²) >= 11 is 0. The molecule has 338 valence electrons. The molecule has 0 bridgehead atoms. The van der Waals surface area contributed by atoms with Crippen LogP contribution in [0.1, 0.15) is 25.0 Å². The number of ether oxygens (including phenoxy) is 1. The highest BCUT2D eigenvalue weighted by molar-refractivity contribution is 6.31. The Hall–Kier alpha value is -9.18. The van der Waals surface area contributed by atoms with Gasteiger partial charge in [0.25, 0.3) is 0 Å². The van der Waals surface area contributed by atoms with E-state index in [1.807, 2.05) is 6.07 Å². The zero-order valence-corrected chi connectivity index (χ0v) is 39.8. The minimum Gasteiger partial charge on any atom is -0.456 e. The smallest absolute Gasteiger partial charge is 0.143 e. The van der Waals surface area contributed by atoms with E-state index in [-0.39, 0.29) is 5.41 Å². The van der Waals surface area contributed by atoms with Crippen LogP contribution in [0.25, 0.3) is 109 Å². The van der Waals surface area contributed by atoms with E-state index < -0.39 is 0 Å². The van der Waals surface area contributed by atoms with E-state index in [1.165, 1.54) is 43.8 Å². The van der Waals surface area contributed by atoms with Crippen molar-refractivity contribution in [2.75, 3.05) is 4.90 Å². The van der Waals surface area contributed by atoms with Gasteiger partial charge in [-0.25, -0.2) is 0 Å². The monoisotopic (exact) mass is 919 g/mol. The van der Waals surface area contributed by atoms with Crippen LogP contribution in [0.3, 0.4) is 0 Å². The number of anilines is 3. The molecule has 0 unspecified atom stereocenters. The fourth-order valence-electron chi connectivity index (χ4n) is 12.3. The third-order valence-corrected chi connectivity index (χ3v) is 15.7. The Morgan fingerprint density at radius 3 is 1.51 bits per heavy atom. The average Bonchev–Trinajstić information content (AvgIpc) is 3.87. The fourth-order valence-corrected chi connectivity index (χ4v) is 12.3. The molecular formula is C69H45NO2. The van der Waals surface area contributed by atoms with Crippen molar-refractivity contribution in [1.29, 1.82) is 0 Å². The van der Waals surface area contributed by atoms with Gasteiger partial charge in [0.2, 0.25) is 0 Å². The number of para-hydroxylation sites is 2. The van der Waals surface area contributed by atoms with E-state index in [9.17, 15) is 0 Å². The van der Waals surface area contributed by atoms with E-state index >= 15 is 0 Å².